The second-order valence-electron chi connectivity index (χ2n) is 21.4. The van der Waals surface area contributed by atoms with E-state index in [1.807, 2.05) is 0 Å². The standard InChI is InChI=1S/C74H64N2/c1-47(2)65-45-69(75(67-43-57(37-35-49(67)5)53-25-13-9-14-26-53)73-51(7)23-21-33-59(73)55-29-17-11-18-30-55)63-42-40-62-66(48(3)4)46-70(64-41-39-61(65)71(63)72(62)64)76(68-44-58(38-36-50(68)6)54-27-15-10-16-28-54)74-52(8)24-22-34-60(74)56-31-19-12-20-32-56/h9-48H,1-8H3. The number of nitrogens with zero attached hydrogens (tertiary/aromatic N) is 2. The SMILES string of the molecule is Cc1ccc(-c2ccccc2)cc1N(c1c(C)cccc1-c1ccccc1)c1cc(C(C)C)c2ccc3c(N(c4cc(-c5ccccc5)ccc4C)c4c(C)cccc4-c4ccccc4)cc(C(C)C)c4ccc1c2c43. The molecule has 0 saturated heterocycles. The van der Waals surface area contributed by atoms with Crippen LogP contribution in [-0.4, -0.2) is 0 Å². The van der Waals surface area contributed by atoms with Gasteiger partial charge in [-0.2, -0.15) is 0 Å². The Kier molecular flexibility index (Phi) is 12.6. The second kappa shape index (κ2) is 19.9. The van der Waals surface area contributed by atoms with E-state index in [0.717, 1.165) is 11.4 Å². The lowest BCUT2D eigenvalue weighted by atomic mass is 9.83. The summed E-state index contributed by atoms with van der Waals surface area (Å²) in [6.45, 7) is 18.6. The highest BCUT2D eigenvalue weighted by Crippen LogP contribution is 2.54. The fourth-order valence-electron chi connectivity index (χ4n) is 12.0. The van der Waals surface area contributed by atoms with E-state index in [9.17, 15) is 0 Å². The largest absolute Gasteiger partial charge is 0.309 e. The molecule has 0 bridgehead atoms. The van der Waals surface area contributed by atoms with Crippen LogP contribution in [0.3, 0.4) is 0 Å². The summed E-state index contributed by atoms with van der Waals surface area (Å²) >= 11 is 0. The minimum Gasteiger partial charge on any atom is -0.309 e. The maximum atomic E-state index is 2.62. The number of hydrogen-bond donors (Lipinski definition) is 0. The molecule has 0 heterocycles. The van der Waals surface area contributed by atoms with Gasteiger partial charge in [-0.15, -0.1) is 0 Å². The second-order valence-corrected chi connectivity index (χ2v) is 21.4. The van der Waals surface area contributed by atoms with Gasteiger partial charge in [-0.05, 0) is 152 Å². The van der Waals surface area contributed by atoms with Crippen LogP contribution in [0.4, 0.5) is 34.1 Å². The molecule has 0 aliphatic carbocycles. The summed E-state index contributed by atoms with van der Waals surface area (Å²) < 4.78 is 0. The Morgan fingerprint density at radius 3 is 0.961 bits per heavy atom. The molecule has 370 valence electrons. The van der Waals surface area contributed by atoms with E-state index in [4.69, 9.17) is 0 Å². The van der Waals surface area contributed by atoms with Crippen molar-refractivity contribution in [1.29, 1.82) is 0 Å². The molecule has 0 aliphatic rings. The molecule has 12 aromatic rings. The van der Waals surface area contributed by atoms with Crippen molar-refractivity contribution >= 4 is 66.4 Å². The van der Waals surface area contributed by atoms with E-state index < -0.39 is 0 Å². The number of hydrogen-bond acceptors (Lipinski definition) is 2. The third-order valence-corrected chi connectivity index (χ3v) is 15.9. The van der Waals surface area contributed by atoms with Gasteiger partial charge in [0.15, 0.2) is 0 Å². The predicted octanol–water partition coefficient (Wildman–Crippen LogP) is 21.7. The maximum absolute atomic E-state index is 2.62. The predicted molar refractivity (Wildman–Crippen MR) is 328 cm³/mol. The molecule has 0 aliphatic heterocycles. The fourth-order valence-corrected chi connectivity index (χ4v) is 12.0. The lowest BCUT2D eigenvalue weighted by Gasteiger charge is -2.35. The summed E-state index contributed by atoms with van der Waals surface area (Å²) in [6.07, 6.45) is 0. The first-order chi connectivity index (χ1) is 37.0. The van der Waals surface area contributed by atoms with Crippen LogP contribution in [-0.2, 0) is 0 Å². The summed E-state index contributed by atoms with van der Waals surface area (Å²) in [6, 6.07) is 86.0. The van der Waals surface area contributed by atoms with E-state index >= 15 is 0 Å². The first-order valence-electron chi connectivity index (χ1n) is 27.1. The van der Waals surface area contributed by atoms with Crippen LogP contribution in [0, 0.1) is 27.7 Å². The van der Waals surface area contributed by atoms with E-state index in [-0.39, 0.29) is 11.8 Å². The molecular formula is C74H64N2. The number of para-hydroxylation sites is 2. The zero-order valence-corrected chi connectivity index (χ0v) is 45.0. The number of benzene rings is 12. The lowest BCUT2D eigenvalue weighted by molar-refractivity contribution is 0.875. The highest BCUT2D eigenvalue weighted by atomic mass is 15.2. The average Bonchev–Trinajstić information content (AvgIpc) is 3.65. The van der Waals surface area contributed by atoms with Gasteiger partial charge in [0.1, 0.15) is 0 Å². The molecule has 0 unspecified atom stereocenters. The highest BCUT2D eigenvalue weighted by Gasteiger charge is 2.30. The zero-order valence-electron chi connectivity index (χ0n) is 45.0. The van der Waals surface area contributed by atoms with Gasteiger partial charge in [0.25, 0.3) is 0 Å². The molecule has 0 spiro atoms. The molecular weight excluding hydrogens is 917 g/mol. The summed E-state index contributed by atoms with van der Waals surface area (Å²) in [7, 11) is 0. The molecule has 0 fully saturated rings. The Bertz CT molecular complexity index is 3810. The van der Waals surface area contributed by atoms with Crippen LogP contribution < -0.4 is 9.80 Å². The van der Waals surface area contributed by atoms with Gasteiger partial charge in [-0.1, -0.05) is 234 Å². The Hall–Kier alpha value is -8.72. The van der Waals surface area contributed by atoms with Gasteiger partial charge < -0.3 is 9.80 Å². The Balaban J connectivity index is 1.23. The van der Waals surface area contributed by atoms with Crippen molar-refractivity contribution in [3.05, 3.63) is 264 Å². The fraction of sp³-hybridized carbons (Fsp3) is 0.135. The van der Waals surface area contributed by atoms with Crippen LogP contribution in [0.1, 0.15) is 72.9 Å². The number of anilines is 6. The molecule has 2 heteroatoms. The topological polar surface area (TPSA) is 6.48 Å². The van der Waals surface area contributed by atoms with E-state index in [1.54, 1.807) is 0 Å². The molecule has 0 atom stereocenters. The number of rotatable bonds is 12. The third-order valence-electron chi connectivity index (χ3n) is 15.9. The van der Waals surface area contributed by atoms with Crippen molar-refractivity contribution in [3.63, 3.8) is 0 Å². The van der Waals surface area contributed by atoms with Gasteiger partial charge in [0.05, 0.1) is 22.7 Å². The molecule has 2 nitrogen and oxygen atoms in total. The Morgan fingerprint density at radius 1 is 0.263 bits per heavy atom. The maximum Gasteiger partial charge on any atom is 0.0569 e. The van der Waals surface area contributed by atoms with Gasteiger partial charge >= 0.3 is 0 Å². The van der Waals surface area contributed by atoms with Crippen LogP contribution in [0.25, 0.3) is 76.8 Å². The van der Waals surface area contributed by atoms with Gasteiger partial charge in [-0.3, -0.25) is 0 Å². The first kappa shape index (κ1) is 48.2. The number of aryl methyl sites for hydroxylation is 4. The van der Waals surface area contributed by atoms with E-state index in [1.165, 1.54) is 133 Å². The van der Waals surface area contributed by atoms with Crippen molar-refractivity contribution in [2.24, 2.45) is 0 Å². The van der Waals surface area contributed by atoms with Crippen molar-refractivity contribution < 1.29 is 0 Å². The summed E-state index contributed by atoms with van der Waals surface area (Å²) in [5.74, 6) is 0.466. The minimum absolute atomic E-state index is 0.233. The molecule has 0 N–H and O–H groups in total. The van der Waals surface area contributed by atoms with Crippen LogP contribution in [0.5, 0.6) is 0 Å². The Morgan fingerprint density at radius 2 is 0.605 bits per heavy atom. The molecule has 12 rings (SSSR count). The normalized spacial score (nSPS) is 11.7. The smallest absolute Gasteiger partial charge is 0.0569 e. The highest BCUT2D eigenvalue weighted by molar-refractivity contribution is 6.30. The summed E-state index contributed by atoms with van der Waals surface area (Å²) in [5.41, 5.74) is 24.1. The van der Waals surface area contributed by atoms with Gasteiger partial charge in [0.2, 0.25) is 0 Å². The molecule has 0 radical (unpaired) electrons. The summed E-state index contributed by atoms with van der Waals surface area (Å²) in [5, 5.41) is 7.67. The van der Waals surface area contributed by atoms with Crippen molar-refractivity contribution in [3.8, 4) is 44.5 Å². The van der Waals surface area contributed by atoms with Crippen molar-refractivity contribution in [2.45, 2.75) is 67.2 Å². The molecule has 12 aromatic carbocycles. The molecule has 0 amide bonds. The van der Waals surface area contributed by atoms with Crippen molar-refractivity contribution in [1.82, 2.24) is 0 Å². The molecule has 0 aromatic heterocycles. The minimum atomic E-state index is 0.233. The summed E-state index contributed by atoms with van der Waals surface area (Å²) in [4.78, 5) is 5.23. The average molecular weight is 981 g/mol. The van der Waals surface area contributed by atoms with Crippen LogP contribution in [0.15, 0.2) is 231 Å². The quantitative estimate of drug-likeness (QED) is 0.113. The third kappa shape index (κ3) is 8.39. The first-order valence-corrected chi connectivity index (χ1v) is 27.1. The lowest BCUT2D eigenvalue weighted by Crippen LogP contribution is -2.16. The molecule has 76 heavy (non-hydrogen) atoms. The Labute approximate surface area is 449 Å². The van der Waals surface area contributed by atoms with Crippen LogP contribution in [0.2, 0.25) is 0 Å². The van der Waals surface area contributed by atoms with Crippen molar-refractivity contribution in [2.75, 3.05) is 9.80 Å². The van der Waals surface area contributed by atoms with Crippen LogP contribution >= 0.6 is 0 Å². The monoisotopic (exact) mass is 981 g/mol. The van der Waals surface area contributed by atoms with E-state index in [2.05, 4.69) is 296 Å². The van der Waals surface area contributed by atoms with Gasteiger partial charge in [0, 0.05) is 33.3 Å². The zero-order chi connectivity index (χ0) is 52.2. The molecule has 0 saturated carbocycles. The van der Waals surface area contributed by atoms with E-state index in [0.29, 0.717) is 0 Å². The van der Waals surface area contributed by atoms with Gasteiger partial charge in [-0.25, -0.2) is 0 Å².